The van der Waals surface area contributed by atoms with Gasteiger partial charge in [0.15, 0.2) is 0 Å². The summed E-state index contributed by atoms with van der Waals surface area (Å²) in [5, 5.41) is 13.8. The molecule has 0 atom stereocenters. The first-order valence-corrected chi connectivity index (χ1v) is 6.55. The standard InChI is InChI=1S/C13H16ClN3O4/c1-3-17(2)10(18)7-15-13(21)16-9-6-4-5-8(14)11(9)12(19)20/h4-6H,3,7H2,1-2H3,(H,19,20)(H2,15,16,21). The summed E-state index contributed by atoms with van der Waals surface area (Å²) >= 11 is 5.78. The van der Waals surface area contributed by atoms with Crippen LogP contribution in [0.3, 0.4) is 0 Å². The van der Waals surface area contributed by atoms with E-state index in [0.717, 1.165) is 0 Å². The van der Waals surface area contributed by atoms with E-state index in [9.17, 15) is 14.4 Å². The van der Waals surface area contributed by atoms with Gasteiger partial charge >= 0.3 is 12.0 Å². The van der Waals surface area contributed by atoms with Gasteiger partial charge in [-0.15, -0.1) is 0 Å². The largest absolute Gasteiger partial charge is 0.478 e. The Balaban J connectivity index is 2.70. The Morgan fingerprint density at radius 2 is 2.00 bits per heavy atom. The number of carbonyl (C=O) groups is 3. The third-order valence-electron chi connectivity index (χ3n) is 2.78. The molecule has 3 amide bonds. The predicted molar refractivity (Wildman–Crippen MR) is 78.7 cm³/mol. The molecule has 0 spiro atoms. The highest BCUT2D eigenvalue weighted by molar-refractivity contribution is 6.34. The Morgan fingerprint density at radius 3 is 2.57 bits per heavy atom. The molecule has 0 unspecified atom stereocenters. The van der Waals surface area contributed by atoms with Crippen molar-refractivity contribution in [2.75, 3.05) is 25.5 Å². The first-order chi connectivity index (χ1) is 9.86. The van der Waals surface area contributed by atoms with Crippen LogP contribution in [0.25, 0.3) is 0 Å². The number of hydrogen-bond acceptors (Lipinski definition) is 3. The maximum Gasteiger partial charge on any atom is 0.339 e. The van der Waals surface area contributed by atoms with Gasteiger partial charge in [-0.05, 0) is 19.1 Å². The van der Waals surface area contributed by atoms with Crippen LogP contribution in [-0.4, -0.2) is 48.1 Å². The second kappa shape index (κ2) is 7.49. The molecule has 8 heteroatoms. The van der Waals surface area contributed by atoms with E-state index in [1.165, 1.54) is 23.1 Å². The number of likely N-dealkylation sites (N-methyl/N-ethyl adjacent to an activating group) is 1. The number of carboxylic acid groups (broad SMARTS) is 1. The molecule has 0 aliphatic rings. The molecule has 0 aliphatic carbocycles. The zero-order valence-corrected chi connectivity index (χ0v) is 12.4. The van der Waals surface area contributed by atoms with Gasteiger partial charge in [0.2, 0.25) is 5.91 Å². The zero-order valence-electron chi connectivity index (χ0n) is 11.6. The Hall–Kier alpha value is -2.28. The third-order valence-corrected chi connectivity index (χ3v) is 3.09. The molecule has 7 nitrogen and oxygen atoms in total. The van der Waals surface area contributed by atoms with Crippen molar-refractivity contribution in [3.63, 3.8) is 0 Å². The Morgan fingerprint density at radius 1 is 1.33 bits per heavy atom. The van der Waals surface area contributed by atoms with E-state index in [4.69, 9.17) is 16.7 Å². The van der Waals surface area contributed by atoms with E-state index < -0.39 is 12.0 Å². The van der Waals surface area contributed by atoms with E-state index in [0.29, 0.717) is 6.54 Å². The van der Waals surface area contributed by atoms with Crippen molar-refractivity contribution in [3.05, 3.63) is 28.8 Å². The summed E-state index contributed by atoms with van der Waals surface area (Å²) in [4.78, 5) is 35.8. The Kier molecular flexibility index (Phi) is 5.98. The van der Waals surface area contributed by atoms with Crippen LogP contribution in [0.5, 0.6) is 0 Å². The van der Waals surface area contributed by atoms with Crippen molar-refractivity contribution >= 4 is 35.2 Å². The first kappa shape index (κ1) is 16.8. The molecular weight excluding hydrogens is 298 g/mol. The van der Waals surface area contributed by atoms with Crippen LogP contribution in [0, 0.1) is 0 Å². The molecule has 1 aromatic carbocycles. The average Bonchev–Trinajstić information content (AvgIpc) is 2.43. The number of nitrogens with zero attached hydrogens (tertiary/aromatic N) is 1. The van der Waals surface area contributed by atoms with Crippen molar-refractivity contribution in [2.24, 2.45) is 0 Å². The first-order valence-electron chi connectivity index (χ1n) is 6.17. The van der Waals surface area contributed by atoms with Gasteiger partial charge in [0.05, 0.1) is 17.3 Å². The smallest absolute Gasteiger partial charge is 0.339 e. The van der Waals surface area contributed by atoms with Crippen molar-refractivity contribution in [1.82, 2.24) is 10.2 Å². The fraction of sp³-hybridized carbons (Fsp3) is 0.308. The highest BCUT2D eigenvalue weighted by Gasteiger charge is 2.16. The number of carboxylic acids is 1. The van der Waals surface area contributed by atoms with Gasteiger partial charge in [0, 0.05) is 13.6 Å². The van der Waals surface area contributed by atoms with E-state index >= 15 is 0 Å². The number of nitrogens with one attached hydrogen (secondary N) is 2. The number of amides is 3. The van der Waals surface area contributed by atoms with E-state index in [-0.39, 0.29) is 28.7 Å². The molecule has 0 radical (unpaired) electrons. The number of anilines is 1. The van der Waals surface area contributed by atoms with Gasteiger partial charge < -0.3 is 20.6 Å². The van der Waals surface area contributed by atoms with Crippen LogP contribution in [-0.2, 0) is 4.79 Å². The number of aromatic carboxylic acids is 1. The quantitative estimate of drug-likeness (QED) is 0.769. The van der Waals surface area contributed by atoms with Gasteiger partial charge in [0.25, 0.3) is 0 Å². The van der Waals surface area contributed by atoms with Gasteiger partial charge in [-0.1, -0.05) is 17.7 Å². The lowest BCUT2D eigenvalue weighted by Gasteiger charge is -2.15. The second-order valence-corrected chi connectivity index (χ2v) is 4.59. The van der Waals surface area contributed by atoms with Crippen LogP contribution < -0.4 is 10.6 Å². The molecule has 0 bridgehead atoms. The van der Waals surface area contributed by atoms with Crippen LogP contribution in [0.4, 0.5) is 10.5 Å². The van der Waals surface area contributed by atoms with Gasteiger partial charge in [-0.3, -0.25) is 4.79 Å². The summed E-state index contributed by atoms with van der Waals surface area (Å²) in [5.74, 6) is -1.50. The molecular formula is C13H16ClN3O4. The molecule has 0 saturated carbocycles. The minimum absolute atomic E-state index is 0.0158. The Labute approximate surface area is 126 Å². The predicted octanol–water partition coefficient (Wildman–Crippen LogP) is 1.64. The third kappa shape index (κ3) is 4.64. The lowest BCUT2D eigenvalue weighted by Crippen LogP contribution is -2.39. The highest BCUT2D eigenvalue weighted by atomic mass is 35.5. The minimum Gasteiger partial charge on any atom is -0.478 e. The summed E-state index contributed by atoms with van der Waals surface area (Å²) in [6.07, 6.45) is 0. The Bertz CT molecular complexity index is 562. The molecule has 1 rings (SSSR count). The number of halogens is 1. The van der Waals surface area contributed by atoms with Crippen molar-refractivity contribution in [2.45, 2.75) is 6.92 Å². The molecule has 3 N–H and O–H groups in total. The number of benzene rings is 1. The summed E-state index contributed by atoms with van der Waals surface area (Å²) in [6, 6.07) is 3.65. The molecule has 114 valence electrons. The topological polar surface area (TPSA) is 98.7 Å². The minimum atomic E-state index is -1.25. The van der Waals surface area contributed by atoms with Gasteiger partial charge in [-0.25, -0.2) is 9.59 Å². The summed E-state index contributed by atoms with van der Waals surface area (Å²) < 4.78 is 0. The summed E-state index contributed by atoms with van der Waals surface area (Å²) in [5.41, 5.74) is -0.143. The molecule has 0 fully saturated rings. The van der Waals surface area contributed by atoms with Crippen molar-refractivity contribution in [1.29, 1.82) is 0 Å². The SMILES string of the molecule is CCN(C)C(=O)CNC(=O)Nc1cccc(Cl)c1C(=O)O. The number of urea groups is 1. The lowest BCUT2D eigenvalue weighted by molar-refractivity contribution is -0.128. The number of rotatable bonds is 5. The molecule has 0 saturated heterocycles. The highest BCUT2D eigenvalue weighted by Crippen LogP contribution is 2.24. The fourth-order valence-corrected chi connectivity index (χ4v) is 1.73. The van der Waals surface area contributed by atoms with Gasteiger partial charge in [-0.2, -0.15) is 0 Å². The molecule has 1 aromatic rings. The molecule has 21 heavy (non-hydrogen) atoms. The van der Waals surface area contributed by atoms with Crippen LogP contribution in [0.15, 0.2) is 18.2 Å². The van der Waals surface area contributed by atoms with Crippen molar-refractivity contribution in [3.8, 4) is 0 Å². The molecule has 0 aliphatic heterocycles. The summed E-state index contributed by atoms with van der Waals surface area (Å²) in [7, 11) is 1.61. The normalized spacial score (nSPS) is 9.86. The number of carbonyl (C=O) groups excluding carboxylic acids is 2. The van der Waals surface area contributed by atoms with Crippen molar-refractivity contribution < 1.29 is 19.5 Å². The summed E-state index contributed by atoms with van der Waals surface area (Å²) in [6.45, 7) is 2.15. The fourth-order valence-electron chi connectivity index (χ4n) is 1.48. The monoisotopic (exact) mass is 313 g/mol. The van der Waals surface area contributed by atoms with Crippen LogP contribution in [0.2, 0.25) is 5.02 Å². The maximum atomic E-state index is 11.7. The molecule has 0 aromatic heterocycles. The van der Waals surface area contributed by atoms with E-state index in [1.807, 2.05) is 6.92 Å². The maximum absolute atomic E-state index is 11.7. The molecule has 0 heterocycles. The lowest BCUT2D eigenvalue weighted by atomic mass is 10.2. The van der Waals surface area contributed by atoms with E-state index in [1.54, 1.807) is 7.05 Å². The number of hydrogen-bond donors (Lipinski definition) is 3. The second-order valence-electron chi connectivity index (χ2n) is 4.18. The van der Waals surface area contributed by atoms with Crippen LogP contribution >= 0.6 is 11.6 Å². The zero-order chi connectivity index (χ0) is 16.0. The van der Waals surface area contributed by atoms with Crippen LogP contribution in [0.1, 0.15) is 17.3 Å². The van der Waals surface area contributed by atoms with E-state index in [2.05, 4.69) is 10.6 Å². The average molecular weight is 314 g/mol. The van der Waals surface area contributed by atoms with Gasteiger partial charge in [0.1, 0.15) is 5.56 Å².